The number of nitrogens with zero attached hydrogens (tertiary/aromatic N) is 3. The lowest BCUT2D eigenvalue weighted by Crippen LogP contribution is -2.04. The average Bonchev–Trinajstić information content (AvgIpc) is 2.79. The Bertz CT molecular complexity index is 1170. The van der Waals surface area contributed by atoms with E-state index in [0.717, 1.165) is 33.8 Å². The Hall–Kier alpha value is -3.99. The average molecular weight is 394 g/mol. The largest absolute Gasteiger partial charge is 0.508 e. The van der Waals surface area contributed by atoms with Gasteiger partial charge in [-0.25, -0.2) is 15.4 Å². The lowest BCUT2D eigenvalue weighted by Gasteiger charge is -2.09. The molecule has 0 atom stereocenters. The van der Waals surface area contributed by atoms with Crippen LogP contribution in [0.15, 0.2) is 90.0 Å². The van der Waals surface area contributed by atoms with Crippen molar-refractivity contribution < 1.29 is 5.11 Å². The number of hydrogen-bond acceptors (Lipinski definition) is 5. The van der Waals surface area contributed by atoms with Gasteiger partial charge in [-0.3, -0.25) is 0 Å². The number of aromatic hydroxyl groups is 1. The first-order valence-electron chi connectivity index (χ1n) is 9.70. The van der Waals surface area contributed by atoms with Gasteiger partial charge in [0.15, 0.2) is 0 Å². The fourth-order valence-corrected chi connectivity index (χ4v) is 3.03. The molecule has 0 aliphatic rings. The van der Waals surface area contributed by atoms with Crippen molar-refractivity contribution in [3.05, 3.63) is 96.1 Å². The molecule has 0 amide bonds. The molecule has 2 N–H and O–H groups in total. The number of anilines is 1. The number of hydrazone groups is 1. The Morgan fingerprint density at radius 2 is 1.40 bits per heavy atom. The van der Waals surface area contributed by atoms with Gasteiger partial charge >= 0.3 is 0 Å². The predicted molar refractivity (Wildman–Crippen MR) is 122 cm³/mol. The highest BCUT2D eigenvalue weighted by Gasteiger charge is 2.09. The third-order valence-electron chi connectivity index (χ3n) is 4.75. The molecule has 0 bridgehead atoms. The van der Waals surface area contributed by atoms with Gasteiger partial charge in [0.25, 0.3) is 0 Å². The third-order valence-corrected chi connectivity index (χ3v) is 4.75. The van der Waals surface area contributed by atoms with Crippen molar-refractivity contribution in [2.24, 2.45) is 5.10 Å². The molecule has 0 radical (unpaired) electrons. The summed E-state index contributed by atoms with van der Waals surface area (Å²) in [6, 6.07) is 27.1. The monoisotopic (exact) mass is 394 g/mol. The second-order valence-electron chi connectivity index (χ2n) is 7.05. The van der Waals surface area contributed by atoms with Crippen molar-refractivity contribution in [2.75, 3.05) is 5.43 Å². The first-order chi connectivity index (χ1) is 14.6. The van der Waals surface area contributed by atoms with Crippen molar-refractivity contribution in [3.63, 3.8) is 0 Å². The van der Waals surface area contributed by atoms with E-state index in [4.69, 9.17) is 0 Å². The van der Waals surface area contributed by atoms with Crippen LogP contribution in [0.3, 0.4) is 0 Å². The molecule has 1 heterocycles. The van der Waals surface area contributed by atoms with Crippen LogP contribution in [-0.2, 0) is 0 Å². The van der Waals surface area contributed by atoms with Crippen LogP contribution >= 0.6 is 0 Å². The van der Waals surface area contributed by atoms with E-state index in [1.165, 1.54) is 5.56 Å². The standard InChI is InChI=1S/C25H22N4O/c1-17-8-10-21(11-9-17)24-16-23(20-6-4-3-5-7-20)26-25(27-24)29-28-18(2)19-12-14-22(30)15-13-19/h3-16,30H,1-2H3,(H,26,27,29). The maximum absolute atomic E-state index is 9.47. The molecule has 0 unspecified atom stereocenters. The lowest BCUT2D eigenvalue weighted by molar-refractivity contribution is 0.475. The fourth-order valence-electron chi connectivity index (χ4n) is 3.03. The van der Waals surface area contributed by atoms with E-state index >= 15 is 0 Å². The molecule has 0 saturated carbocycles. The third kappa shape index (κ3) is 4.52. The number of aromatic nitrogens is 2. The summed E-state index contributed by atoms with van der Waals surface area (Å²) in [5.41, 5.74) is 9.53. The SMILES string of the molecule is CC(=NNc1nc(-c2ccccc2)cc(-c2ccc(C)cc2)n1)c1ccc(O)cc1. The van der Waals surface area contributed by atoms with Crippen molar-refractivity contribution in [2.45, 2.75) is 13.8 Å². The van der Waals surface area contributed by atoms with Gasteiger partial charge in [0.05, 0.1) is 17.1 Å². The van der Waals surface area contributed by atoms with Gasteiger partial charge in [0.2, 0.25) is 5.95 Å². The molecule has 3 aromatic carbocycles. The number of hydrogen-bond donors (Lipinski definition) is 2. The fraction of sp³-hybridized carbons (Fsp3) is 0.0800. The second-order valence-corrected chi connectivity index (χ2v) is 7.05. The van der Waals surface area contributed by atoms with Crippen LogP contribution < -0.4 is 5.43 Å². The highest BCUT2D eigenvalue weighted by molar-refractivity contribution is 5.99. The summed E-state index contributed by atoms with van der Waals surface area (Å²) in [5.74, 6) is 0.645. The summed E-state index contributed by atoms with van der Waals surface area (Å²) in [6.45, 7) is 3.95. The lowest BCUT2D eigenvalue weighted by atomic mass is 10.1. The number of aryl methyl sites for hydroxylation is 1. The van der Waals surface area contributed by atoms with E-state index < -0.39 is 0 Å². The Labute approximate surface area is 175 Å². The normalized spacial score (nSPS) is 11.3. The van der Waals surface area contributed by atoms with Gasteiger partial charge in [0.1, 0.15) is 5.75 Å². The van der Waals surface area contributed by atoms with Crippen molar-refractivity contribution >= 4 is 11.7 Å². The molecule has 0 spiro atoms. The Morgan fingerprint density at radius 1 is 0.800 bits per heavy atom. The summed E-state index contributed by atoms with van der Waals surface area (Å²) in [7, 11) is 0. The van der Waals surface area contributed by atoms with Crippen LogP contribution in [0.1, 0.15) is 18.1 Å². The van der Waals surface area contributed by atoms with Gasteiger partial charge in [-0.2, -0.15) is 5.10 Å². The molecule has 5 nitrogen and oxygen atoms in total. The first kappa shape index (κ1) is 19.3. The van der Waals surface area contributed by atoms with E-state index in [1.807, 2.05) is 55.5 Å². The van der Waals surface area contributed by atoms with Gasteiger partial charge in [-0.15, -0.1) is 0 Å². The topological polar surface area (TPSA) is 70.4 Å². The zero-order valence-electron chi connectivity index (χ0n) is 16.9. The van der Waals surface area contributed by atoms with Gasteiger partial charge in [0, 0.05) is 11.1 Å². The van der Waals surface area contributed by atoms with Crippen molar-refractivity contribution in [1.29, 1.82) is 0 Å². The van der Waals surface area contributed by atoms with Gasteiger partial charge in [-0.05, 0) is 49.7 Å². The van der Waals surface area contributed by atoms with E-state index in [0.29, 0.717) is 5.95 Å². The Balaban J connectivity index is 1.71. The summed E-state index contributed by atoms with van der Waals surface area (Å²) >= 11 is 0. The maximum atomic E-state index is 9.47. The van der Waals surface area contributed by atoms with Crippen LogP contribution in [0.5, 0.6) is 5.75 Å². The summed E-state index contributed by atoms with van der Waals surface area (Å²) in [4.78, 5) is 9.33. The molecule has 30 heavy (non-hydrogen) atoms. The number of rotatable bonds is 5. The van der Waals surface area contributed by atoms with Crippen molar-refractivity contribution in [1.82, 2.24) is 9.97 Å². The van der Waals surface area contributed by atoms with Crippen LogP contribution in [0.2, 0.25) is 0 Å². The highest BCUT2D eigenvalue weighted by Crippen LogP contribution is 2.25. The Morgan fingerprint density at radius 3 is 2.03 bits per heavy atom. The minimum atomic E-state index is 0.223. The smallest absolute Gasteiger partial charge is 0.244 e. The second kappa shape index (κ2) is 8.57. The molecule has 4 rings (SSSR count). The molecular formula is C25H22N4O. The number of phenols is 1. The zero-order chi connectivity index (χ0) is 20.9. The highest BCUT2D eigenvalue weighted by atomic mass is 16.3. The zero-order valence-corrected chi connectivity index (χ0v) is 16.9. The van der Waals surface area contributed by atoms with Crippen LogP contribution in [0.25, 0.3) is 22.5 Å². The maximum Gasteiger partial charge on any atom is 0.244 e. The molecule has 0 aliphatic heterocycles. The quantitative estimate of drug-likeness (QED) is 0.338. The summed E-state index contributed by atoms with van der Waals surface area (Å²) in [5, 5.41) is 13.9. The molecule has 4 aromatic rings. The van der Waals surface area contributed by atoms with E-state index in [9.17, 15) is 5.11 Å². The van der Waals surface area contributed by atoms with Gasteiger partial charge < -0.3 is 5.11 Å². The number of nitrogens with one attached hydrogen (secondary N) is 1. The molecule has 148 valence electrons. The minimum absolute atomic E-state index is 0.223. The molecular weight excluding hydrogens is 372 g/mol. The molecule has 1 aromatic heterocycles. The summed E-state index contributed by atoms with van der Waals surface area (Å²) in [6.07, 6.45) is 0. The van der Waals surface area contributed by atoms with Crippen LogP contribution in [-0.4, -0.2) is 20.8 Å². The molecule has 0 saturated heterocycles. The summed E-state index contributed by atoms with van der Waals surface area (Å²) < 4.78 is 0. The van der Waals surface area contributed by atoms with E-state index in [1.54, 1.807) is 12.1 Å². The van der Waals surface area contributed by atoms with E-state index in [2.05, 4.69) is 51.7 Å². The molecule has 5 heteroatoms. The number of benzene rings is 3. The first-order valence-corrected chi connectivity index (χ1v) is 9.70. The molecule has 0 aliphatic carbocycles. The van der Waals surface area contributed by atoms with Gasteiger partial charge in [-0.1, -0.05) is 60.2 Å². The minimum Gasteiger partial charge on any atom is -0.508 e. The molecule has 0 fully saturated rings. The van der Waals surface area contributed by atoms with Crippen LogP contribution in [0.4, 0.5) is 5.95 Å². The van der Waals surface area contributed by atoms with Crippen LogP contribution in [0, 0.1) is 6.92 Å². The number of phenolic OH excluding ortho intramolecular Hbond substituents is 1. The van der Waals surface area contributed by atoms with E-state index in [-0.39, 0.29) is 5.75 Å². The Kier molecular flexibility index (Phi) is 5.52. The van der Waals surface area contributed by atoms with Crippen molar-refractivity contribution in [3.8, 4) is 28.3 Å². The predicted octanol–water partition coefficient (Wildman–Crippen LogP) is 5.66.